The molecular formula is C36H33Hf-. The van der Waals surface area contributed by atoms with Gasteiger partial charge < -0.3 is 0 Å². The van der Waals surface area contributed by atoms with Gasteiger partial charge in [-0.05, 0) is 53.6 Å². The van der Waals surface area contributed by atoms with E-state index in [0.29, 0.717) is 5.92 Å². The summed E-state index contributed by atoms with van der Waals surface area (Å²) >= 11 is 0. The minimum atomic E-state index is 0. The molecule has 5 aromatic carbocycles. The van der Waals surface area contributed by atoms with Crippen LogP contribution in [0.4, 0.5) is 0 Å². The van der Waals surface area contributed by atoms with Gasteiger partial charge in [-0.25, -0.2) is 0 Å². The average Bonchev–Trinajstić information content (AvgIpc) is 3.41. The van der Waals surface area contributed by atoms with E-state index < -0.39 is 0 Å². The quantitative estimate of drug-likeness (QED) is 0.132. The second-order valence-electron chi connectivity index (χ2n) is 10.5. The molecule has 0 aromatic heterocycles. The maximum absolute atomic E-state index is 2.45. The molecule has 0 spiro atoms. The molecule has 0 saturated carbocycles. The fourth-order valence-corrected chi connectivity index (χ4v) is 6.42. The van der Waals surface area contributed by atoms with E-state index >= 15 is 0 Å². The summed E-state index contributed by atoms with van der Waals surface area (Å²) in [4.78, 5) is 0. The summed E-state index contributed by atoms with van der Waals surface area (Å²) in [6.07, 6.45) is 4.69. The summed E-state index contributed by atoms with van der Waals surface area (Å²) in [6.45, 7) is 9.18. The molecule has 0 aliphatic heterocycles. The molecule has 0 radical (unpaired) electrons. The van der Waals surface area contributed by atoms with Crippen molar-refractivity contribution < 1.29 is 25.8 Å². The summed E-state index contributed by atoms with van der Waals surface area (Å²) in [5.74, 6) is 0.477. The van der Waals surface area contributed by atoms with E-state index in [1.807, 2.05) is 0 Å². The van der Waals surface area contributed by atoms with E-state index in [9.17, 15) is 0 Å². The van der Waals surface area contributed by atoms with Gasteiger partial charge in [0.05, 0.1) is 0 Å². The van der Waals surface area contributed by atoms with Crippen molar-refractivity contribution in [1.82, 2.24) is 0 Å². The first-order valence-electron chi connectivity index (χ1n) is 13.1. The molecule has 1 atom stereocenters. The van der Waals surface area contributed by atoms with Crippen molar-refractivity contribution in [3.8, 4) is 22.3 Å². The largest absolute Gasteiger partial charge is 0.164 e. The van der Waals surface area contributed by atoms with Crippen molar-refractivity contribution in [1.29, 1.82) is 0 Å². The van der Waals surface area contributed by atoms with Crippen LogP contribution in [-0.4, -0.2) is 0 Å². The summed E-state index contributed by atoms with van der Waals surface area (Å²) in [5, 5.41) is 2.86. The summed E-state index contributed by atoms with van der Waals surface area (Å²) < 4.78 is 0. The number of fused-ring (bicyclic) bond motifs is 2. The molecule has 1 unspecified atom stereocenters. The summed E-state index contributed by atoms with van der Waals surface area (Å²) in [7, 11) is 0. The predicted molar refractivity (Wildman–Crippen MR) is 156 cm³/mol. The van der Waals surface area contributed by atoms with Crippen LogP contribution in [0, 0.1) is 20.8 Å². The van der Waals surface area contributed by atoms with Crippen molar-refractivity contribution >= 4 is 16.8 Å². The fraction of sp³-hybridized carbons (Fsp3) is 0.194. The standard InChI is InChI=1S/C36H33.Hf/c1-23-15-17-31(27-11-7-5-8-12-27)33-21-25(3)29(35(23)33)19-20-30-26(4)22-34-32(18-16-24(2)36(30)34)28-13-9-6-10-14-28;/h5-18,21-22,29H,19-20H2,1-4H3;/q-1;. The van der Waals surface area contributed by atoms with Gasteiger partial charge in [0.15, 0.2) is 0 Å². The third-order valence-electron chi connectivity index (χ3n) is 8.22. The Balaban J connectivity index is 0.00000280. The van der Waals surface area contributed by atoms with Gasteiger partial charge in [-0.15, -0.1) is 33.5 Å². The van der Waals surface area contributed by atoms with Crippen LogP contribution < -0.4 is 0 Å². The normalized spacial score (nSPS) is 14.4. The number of allylic oxidation sites excluding steroid dienone is 1. The van der Waals surface area contributed by atoms with Crippen molar-refractivity contribution in [2.45, 2.75) is 46.5 Å². The van der Waals surface area contributed by atoms with E-state index in [4.69, 9.17) is 0 Å². The van der Waals surface area contributed by atoms with E-state index in [1.54, 1.807) is 0 Å². The fourth-order valence-electron chi connectivity index (χ4n) is 6.42. The SMILES string of the molecule is CC1=Cc2c(-c3ccccc3)ccc(C)c2C1CC[c-]1c(C)cc2c(-c3ccccc3)ccc(C)c21.[Hf]. The molecule has 1 aliphatic rings. The predicted octanol–water partition coefficient (Wildman–Crippen LogP) is 9.95. The molecule has 182 valence electrons. The number of aryl methyl sites for hydroxylation is 4. The van der Waals surface area contributed by atoms with Crippen LogP contribution in [0.1, 0.15) is 52.6 Å². The zero-order valence-electron chi connectivity index (χ0n) is 22.2. The molecule has 0 bridgehead atoms. The second kappa shape index (κ2) is 10.5. The zero-order chi connectivity index (χ0) is 24.8. The van der Waals surface area contributed by atoms with Gasteiger partial charge in [-0.3, -0.25) is 0 Å². The maximum atomic E-state index is 2.45. The third-order valence-corrected chi connectivity index (χ3v) is 8.22. The van der Waals surface area contributed by atoms with Crippen LogP contribution in [0.15, 0.2) is 96.6 Å². The number of rotatable bonds is 5. The van der Waals surface area contributed by atoms with Crippen LogP contribution in [0.3, 0.4) is 0 Å². The number of hydrogen-bond acceptors (Lipinski definition) is 0. The molecule has 0 saturated heterocycles. The van der Waals surface area contributed by atoms with E-state index in [1.165, 1.54) is 72.0 Å². The minimum absolute atomic E-state index is 0. The summed E-state index contributed by atoms with van der Waals surface area (Å²) in [5.41, 5.74) is 15.5. The van der Waals surface area contributed by atoms with Crippen LogP contribution in [0.2, 0.25) is 0 Å². The molecule has 0 heterocycles. The van der Waals surface area contributed by atoms with Gasteiger partial charge in [0.25, 0.3) is 0 Å². The van der Waals surface area contributed by atoms with Crippen molar-refractivity contribution in [3.63, 3.8) is 0 Å². The van der Waals surface area contributed by atoms with E-state index in [2.05, 4.69) is 125 Å². The molecule has 0 N–H and O–H groups in total. The Labute approximate surface area is 240 Å². The van der Waals surface area contributed by atoms with Gasteiger partial charge >= 0.3 is 0 Å². The molecule has 0 amide bonds. The van der Waals surface area contributed by atoms with Gasteiger partial charge in [0.1, 0.15) is 0 Å². The van der Waals surface area contributed by atoms with E-state index in [0.717, 1.165) is 12.8 Å². The molecule has 5 aromatic rings. The van der Waals surface area contributed by atoms with Crippen molar-refractivity contribution in [2.75, 3.05) is 0 Å². The Morgan fingerprint density at radius 2 is 1.27 bits per heavy atom. The number of benzene rings is 4. The molecule has 0 fully saturated rings. The van der Waals surface area contributed by atoms with Gasteiger partial charge in [0.2, 0.25) is 0 Å². The summed E-state index contributed by atoms with van der Waals surface area (Å²) in [6, 6.07) is 33.3. The topological polar surface area (TPSA) is 0 Å². The van der Waals surface area contributed by atoms with Crippen LogP contribution in [-0.2, 0) is 32.3 Å². The molecule has 6 rings (SSSR count). The Morgan fingerprint density at radius 3 is 1.95 bits per heavy atom. The average molecular weight is 644 g/mol. The number of hydrogen-bond donors (Lipinski definition) is 0. The zero-order valence-corrected chi connectivity index (χ0v) is 25.8. The van der Waals surface area contributed by atoms with Crippen LogP contribution in [0.25, 0.3) is 39.1 Å². The molecule has 0 nitrogen and oxygen atoms in total. The Morgan fingerprint density at radius 1 is 0.676 bits per heavy atom. The third kappa shape index (κ3) is 4.53. The van der Waals surface area contributed by atoms with E-state index in [-0.39, 0.29) is 25.8 Å². The molecule has 37 heavy (non-hydrogen) atoms. The van der Waals surface area contributed by atoms with Gasteiger partial charge in [-0.2, -0.15) is 6.07 Å². The van der Waals surface area contributed by atoms with Gasteiger partial charge in [0, 0.05) is 31.8 Å². The first kappa shape index (κ1) is 25.7. The Kier molecular flexibility index (Phi) is 7.28. The van der Waals surface area contributed by atoms with Crippen LogP contribution >= 0.6 is 0 Å². The Hall–Kier alpha value is -2.90. The van der Waals surface area contributed by atoms with Crippen molar-refractivity contribution in [2.24, 2.45) is 0 Å². The molecule has 1 heteroatoms. The van der Waals surface area contributed by atoms with Crippen LogP contribution in [0.5, 0.6) is 0 Å². The maximum Gasteiger partial charge on any atom is 0.00532 e. The Bertz CT molecular complexity index is 1600. The smallest absolute Gasteiger partial charge is 0.00532 e. The first-order chi connectivity index (χ1) is 17.5. The second-order valence-corrected chi connectivity index (χ2v) is 10.5. The first-order valence-corrected chi connectivity index (χ1v) is 13.1. The van der Waals surface area contributed by atoms with Gasteiger partial charge in [-0.1, -0.05) is 116 Å². The van der Waals surface area contributed by atoms with Crippen molar-refractivity contribution in [3.05, 3.63) is 130 Å². The molecular weight excluding hydrogens is 611 g/mol. The monoisotopic (exact) mass is 645 g/mol. The molecule has 1 aliphatic carbocycles. The minimum Gasteiger partial charge on any atom is -0.164 e.